The smallest absolute Gasteiger partial charge is 0.348 e. The van der Waals surface area contributed by atoms with E-state index in [1.165, 1.54) is 18.2 Å². The van der Waals surface area contributed by atoms with Gasteiger partial charge in [-0.3, -0.25) is 14.9 Å². The SMILES string of the molecule is O=C(NCc1ccc(C(F)(F)F)cc1)c1cc(Cl)ccc1[N+](=O)[O-]. The Morgan fingerprint density at radius 2 is 1.79 bits per heavy atom. The van der Waals surface area contributed by atoms with Crippen molar-refractivity contribution in [3.8, 4) is 0 Å². The van der Waals surface area contributed by atoms with Gasteiger partial charge in [-0.25, -0.2) is 0 Å². The van der Waals surface area contributed by atoms with Crippen molar-refractivity contribution in [3.05, 3.63) is 74.3 Å². The number of nitrogens with one attached hydrogen (secondary N) is 1. The zero-order valence-electron chi connectivity index (χ0n) is 11.9. The number of amides is 1. The third kappa shape index (κ3) is 4.23. The van der Waals surface area contributed by atoms with E-state index in [0.29, 0.717) is 5.56 Å². The second kappa shape index (κ2) is 6.88. The molecule has 0 aliphatic heterocycles. The number of hydrogen-bond donors (Lipinski definition) is 1. The summed E-state index contributed by atoms with van der Waals surface area (Å²) >= 11 is 5.73. The van der Waals surface area contributed by atoms with E-state index in [4.69, 9.17) is 11.6 Å². The van der Waals surface area contributed by atoms with E-state index in [9.17, 15) is 28.1 Å². The lowest BCUT2D eigenvalue weighted by molar-refractivity contribution is -0.385. The van der Waals surface area contributed by atoms with E-state index in [0.717, 1.165) is 24.3 Å². The number of nitro benzene ring substituents is 1. The number of nitro groups is 1. The number of alkyl halides is 3. The molecule has 0 aliphatic carbocycles. The van der Waals surface area contributed by atoms with Gasteiger partial charge in [0.2, 0.25) is 0 Å². The van der Waals surface area contributed by atoms with Gasteiger partial charge in [0.15, 0.2) is 0 Å². The normalized spacial score (nSPS) is 11.2. The fraction of sp³-hybridized carbons (Fsp3) is 0.133. The molecule has 5 nitrogen and oxygen atoms in total. The highest BCUT2D eigenvalue weighted by Crippen LogP contribution is 2.29. The molecule has 1 N–H and O–H groups in total. The summed E-state index contributed by atoms with van der Waals surface area (Å²) in [7, 11) is 0. The predicted molar refractivity (Wildman–Crippen MR) is 80.7 cm³/mol. The molecular formula is C15H10ClF3N2O3. The van der Waals surface area contributed by atoms with Gasteiger partial charge in [-0.05, 0) is 29.8 Å². The van der Waals surface area contributed by atoms with Crippen LogP contribution in [0.15, 0.2) is 42.5 Å². The van der Waals surface area contributed by atoms with Crippen molar-refractivity contribution in [3.63, 3.8) is 0 Å². The van der Waals surface area contributed by atoms with Crippen LogP contribution in [0, 0.1) is 10.1 Å². The average Bonchev–Trinajstić information content (AvgIpc) is 2.51. The standard InChI is InChI=1S/C15H10ClF3N2O3/c16-11-5-6-13(21(23)24)12(7-11)14(22)20-8-9-1-3-10(4-2-9)15(17,18)19/h1-7H,8H2,(H,20,22). The Morgan fingerprint density at radius 3 is 2.33 bits per heavy atom. The minimum Gasteiger partial charge on any atom is -0.348 e. The Bertz CT molecular complexity index is 777. The number of halogens is 4. The van der Waals surface area contributed by atoms with Crippen LogP contribution < -0.4 is 5.32 Å². The molecule has 0 saturated heterocycles. The highest BCUT2D eigenvalue weighted by Gasteiger charge is 2.30. The fourth-order valence-electron chi connectivity index (χ4n) is 1.94. The molecule has 0 radical (unpaired) electrons. The van der Waals surface area contributed by atoms with Crippen molar-refractivity contribution < 1.29 is 22.9 Å². The number of carbonyl (C=O) groups is 1. The molecule has 0 aliphatic rings. The summed E-state index contributed by atoms with van der Waals surface area (Å²) in [4.78, 5) is 22.3. The molecule has 9 heteroatoms. The van der Waals surface area contributed by atoms with Gasteiger partial charge in [0, 0.05) is 17.6 Å². The van der Waals surface area contributed by atoms with Crippen LogP contribution in [0.3, 0.4) is 0 Å². The van der Waals surface area contributed by atoms with Crippen LogP contribution in [0.1, 0.15) is 21.5 Å². The van der Waals surface area contributed by atoms with Crippen molar-refractivity contribution in [2.24, 2.45) is 0 Å². The van der Waals surface area contributed by atoms with Crippen molar-refractivity contribution in [1.29, 1.82) is 0 Å². The van der Waals surface area contributed by atoms with Gasteiger partial charge < -0.3 is 5.32 Å². The Kier molecular flexibility index (Phi) is 5.08. The fourth-order valence-corrected chi connectivity index (χ4v) is 2.11. The topological polar surface area (TPSA) is 72.2 Å². The number of benzene rings is 2. The highest BCUT2D eigenvalue weighted by molar-refractivity contribution is 6.31. The van der Waals surface area contributed by atoms with Crippen molar-refractivity contribution in [1.82, 2.24) is 5.32 Å². The van der Waals surface area contributed by atoms with E-state index in [2.05, 4.69) is 5.32 Å². The summed E-state index contributed by atoms with van der Waals surface area (Å²) in [5.74, 6) is -0.746. The molecule has 0 spiro atoms. The molecule has 126 valence electrons. The highest BCUT2D eigenvalue weighted by atomic mass is 35.5. The largest absolute Gasteiger partial charge is 0.416 e. The molecule has 24 heavy (non-hydrogen) atoms. The van der Waals surface area contributed by atoms with Crippen molar-refractivity contribution >= 4 is 23.2 Å². The Hall–Kier alpha value is -2.61. The van der Waals surface area contributed by atoms with Gasteiger partial charge >= 0.3 is 6.18 Å². The molecule has 0 heterocycles. The quantitative estimate of drug-likeness (QED) is 0.657. The maximum Gasteiger partial charge on any atom is 0.416 e. The second-order valence-electron chi connectivity index (χ2n) is 4.80. The van der Waals surface area contributed by atoms with E-state index < -0.39 is 28.3 Å². The van der Waals surface area contributed by atoms with E-state index in [1.807, 2.05) is 0 Å². The summed E-state index contributed by atoms with van der Waals surface area (Å²) < 4.78 is 37.4. The summed E-state index contributed by atoms with van der Waals surface area (Å²) in [5.41, 5.74) is -1.02. The minimum absolute atomic E-state index is 0.0827. The van der Waals surface area contributed by atoms with Gasteiger partial charge in [0.1, 0.15) is 5.56 Å². The second-order valence-corrected chi connectivity index (χ2v) is 5.23. The van der Waals surface area contributed by atoms with Crippen LogP contribution in [-0.4, -0.2) is 10.8 Å². The van der Waals surface area contributed by atoms with Crippen LogP contribution in [0.2, 0.25) is 5.02 Å². The average molecular weight is 359 g/mol. The summed E-state index contributed by atoms with van der Waals surface area (Å²) in [5, 5.41) is 13.5. The molecule has 0 saturated carbocycles. The lowest BCUT2D eigenvalue weighted by atomic mass is 10.1. The number of rotatable bonds is 4. The van der Waals surface area contributed by atoms with Crippen LogP contribution in [-0.2, 0) is 12.7 Å². The lowest BCUT2D eigenvalue weighted by Gasteiger charge is -2.09. The lowest BCUT2D eigenvalue weighted by Crippen LogP contribution is -2.23. The summed E-state index contributed by atoms with van der Waals surface area (Å²) in [6, 6.07) is 7.76. The molecule has 0 atom stereocenters. The zero-order valence-corrected chi connectivity index (χ0v) is 12.7. The number of hydrogen-bond acceptors (Lipinski definition) is 3. The monoisotopic (exact) mass is 358 g/mol. The molecule has 1 amide bonds. The van der Waals surface area contributed by atoms with E-state index >= 15 is 0 Å². The number of nitrogens with zero attached hydrogens (tertiary/aromatic N) is 1. The molecule has 0 unspecified atom stereocenters. The maximum atomic E-state index is 12.5. The van der Waals surface area contributed by atoms with Gasteiger partial charge in [0.25, 0.3) is 11.6 Å². The summed E-state index contributed by atoms with van der Waals surface area (Å²) in [6.45, 7) is -0.0827. The van der Waals surface area contributed by atoms with Crippen molar-refractivity contribution in [2.75, 3.05) is 0 Å². The molecule has 0 fully saturated rings. The van der Waals surface area contributed by atoms with Gasteiger partial charge in [-0.2, -0.15) is 13.2 Å². The molecule has 2 aromatic rings. The molecule has 0 bridgehead atoms. The first-order valence-electron chi connectivity index (χ1n) is 6.57. The van der Waals surface area contributed by atoms with Gasteiger partial charge in [-0.15, -0.1) is 0 Å². The zero-order chi connectivity index (χ0) is 17.9. The maximum absolute atomic E-state index is 12.5. The Balaban J connectivity index is 2.11. The summed E-state index contributed by atoms with van der Waals surface area (Å²) in [6.07, 6.45) is -4.44. The third-order valence-corrected chi connectivity index (χ3v) is 3.37. The van der Waals surface area contributed by atoms with Gasteiger partial charge in [-0.1, -0.05) is 23.7 Å². The first-order valence-corrected chi connectivity index (χ1v) is 6.94. The van der Waals surface area contributed by atoms with Gasteiger partial charge in [0.05, 0.1) is 10.5 Å². The van der Waals surface area contributed by atoms with Crippen LogP contribution in [0.4, 0.5) is 18.9 Å². The first-order chi connectivity index (χ1) is 11.2. The predicted octanol–water partition coefficient (Wildman–Crippen LogP) is 4.20. The number of carbonyl (C=O) groups excluding carboxylic acids is 1. The van der Waals surface area contributed by atoms with Crippen LogP contribution >= 0.6 is 11.6 Å². The van der Waals surface area contributed by atoms with Crippen LogP contribution in [0.25, 0.3) is 0 Å². The molecule has 2 rings (SSSR count). The third-order valence-electron chi connectivity index (χ3n) is 3.13. The van der Waals surface area contributed by atoms with E-state index in [1.54, 1.807) is 0 Å². The van der Waals surface area contributed by atoms with E-state index in [-0.39, 0.29) is 17.1 Å². The van der Waals surface area contributed by atoms with Crippen LogP contribution in [0.5, 0.6) is 0 Å². The first kappa shape index (κ1) is 17.7. The Labute approximate surface area is 139 Å². The minimum atomic E-state index is -4.44. The molecule has 0 aromatic heterocycles. The molecule has 2 aromatic carbocycles. The Morgan fingerprint density at radius 1 is 1.17 bits per heavy atom. The van der Waals surface area contributed by atoms with Crippen molar-refractivity contribution in [2.45, 2.75) is 12.7 Å². The molecular weight excluding hydrogens is 349 g/mol.